The molecule has 268 valence electrons. The molecular weight excluding hydrogens is 689 g/mol. The van der Waals surface area contributed by atoms with Crippen molar-refractivity contribution in [2.24, 2.45) is 0 Å². The molecular formula is C55H38N2. The average Bonchev–Trinajstić information content (AvgIpc) is 3.51. The van der Waals surface area contributed by atoms with Crippen molar-refractivity contribution in [1.82, 2.24) is 9.97 Å². The van der Waals surface area contributed by atoms with Crippen LogP contribution in [0, 0.1) is 0 Å². The first-order chi connectivity index (χ1) is 28.0. The smallest absolute Gasteiger partial charge is 0.161 e. The summed E-state index contributed by atoms with van der Waals surface area (Å²) in [6, 6.07) is 70.1. The van der Waals surface area contributed by atoms with Crippen LogP contribution in [-0.4, -0.2) is 9.97 Å². The van der Waals surface area contributed by atoms with Gasteiger partial charge in [0.05, 0.1) is 11.4 Å². The van der Waals surface area contributed by atoms with Crippen molar-refractivity contribution in [3.05, 3.63) is 205 Å². The van der Waals surface area contributed by atoms with Gasteiger partial charge in [0, 0.05) is 22.1 Å². The molecule has 0 fully saturated rings. The molecule has 9 aromatic carbocycles. The van der Waals surface area contributed by atoms with E-state index in [1.54, 1.807) is 0 Å². The first-order valence-corrected chi connectivity index (χ1v) is 19.7. The zero-order valence-electron chi connectivity index (χ0n) is 31.9. The predicted molar refractivity (Wildman–Crippen MR) is 239 cm³/mol. The number of benzene rings is 9. The molecule has 11 rings (SSSR count). The van der Waals surface area contributed by atoms with E-state index in [-0.39, 0.29) is 5.41 Å². The van der Waals surface area contributed by atoms with Gasteiger partial charge >= 0.3 is 0 Å². The lowest BCUT2D eigenvalue weighted by Gasteiger charge is -2.24. The van der Waals surface area contributed by atoms with E-state index >= 15 is 0 Å². The summed E-state index contributed by atoms with van der Waals surface area (Å²) in [5, 5.41) is 7.09. The molecule has 0 aliphatic heterocycles. The van der Waals surface area contributed by atoms with Gasteiger partial charge in [-0.25, -0.2) is 9.97 Å². The molecule has 0 N–H and O–H groups in total. The van der Waals surface area contributed by atoms with Crippen LogP contribution in [0.2, 0.25) is 0 Å². The van der Waals surface area contributed by atoms with Crippen LogP contribution in [0.15, 0.2) is 194 Å². The van der Waals surface area contributed by atoms with Gasteiger partial charge in [0.2, 0.25) is 0 Å². The maximum Gasteiger partial charge on any atom is 0.161 e. The van der Waals surface area contributed by atoms with Gasteiger partial charge in [0.1, 0.15) is 0 Å². The Balaban J connectivity index is 1.13. The summed E-state index contributed by atoms with van der Waals surface area (Å²) in [4.78, 5) is 11.0. The van der Waals surface area contributed by atoms with Crippen LogP contribution in [0.5, 0.6) is 0 Å². The Hall–Kier alpha value is -7.16. The molecule has 0 saturated carbocycles. The second-order valence-corrected chi connectivity index (χ2v) is 15.7. The lowest BCUT2D eigenvalue weighted by molar-refractivity contribution is 0.662. The minimum atomic E-state index is -0.101. The van der Waals surface area contributed by atoms with Crippen LogP contribution < -0.4 is 0 Å². The first kappa shape index (κ1) is 33.2. The monoisotopic (exact) mass is 726 g/mol. The first-order valence-electron chi connectivity index (χ1n) is 19.7. The molecule has 0 atom stereocenters. The Morgan fingerprint density at radius 2 is 0.947 bits per heavy atom. The Morgan fingerprint density at radius 3 is 1.77 bits per heavy atom. The molecule has 0 saturated heterocycles. The highest BCUT2D eigenvalue weighted by atomic mass is 14.9. The quantitative estimate of drug-likeness (QED) is 0.130. The van der Waals surface area contributed by atoms with Gasteiger partial charge < -0.3 is 0 Å². The van der Waals surface area contributed by atoms with Crippen molar-refractivity contribution in [2.45, 2.75) is 19.3 Å². The molecule has 0 bridgehead atoms. The summed E-state index contributed by atoms with van der Waals surface area (Å²) in [7, 11) is 0. The van der Waals surface area contributed by atoms with Crippen LogP contribution >= 0.6 is 0 Å². The molecule has 0 radical (unpaired) electrons. The van der Waals surface area contributed by atoms with E-state index < -0.39 is 0 Å². The molecule has 0 spiro atoms. The molecule has 0 unspecified atom stereocenters. The lowest BCUT2D eigenvalue weighted by atomic mass is 9.79. The fourth-order valence-corrected chi connectivity index (χ4v) is 9.39. The van der Waals surface area contributed by atoms with E-state index in [9.17, 15) is 0 Å². The van der Waals surface area contributed by atoms with Crippen LogP contribution in [0.3, 0.4) is 0 Å². The van der Waals surface area contributed by atoms with Crippen LogP contribution in [-0.2, 0) is 5.41 Å². The number of aromatic nitrogens is 2. The zero-order valence-corrected chi connectivity index (χ0v) is 31.9. The molecule has 1 heterocycles. The molecule has 10 aromatic rings. The summed E-state index contributed by atoms with van der Waals surface area (Å²) in [5.41, 5.74) is 15.0. The van der Waals surface area contributed by atoms with Gasteiger partial charge in [0.15, 0.2) is 5.82 Å². The average molecular weight is 727 g/mol. The molecule has 2 heteroatoms. The third-order valence-corrected chi connectivity index (χ3v) is 12.1. The maximum absolute atomic E-state index is 5.49. The van der Waals surface area contributed by atoms with E-state index in [0.29, 0.717) is 5.82 Å². The van der Waals surface area contributed by atoms with Crippen LogP contribution in [0.4, 0.5) is 0 Å². The Kier molecular flexibility index (Phi) is 7.55. The van der Waals surface area contributed by atoms with Crippen LogP contribution in [0.1, 0.15) is 25.0 Å². The molecule has 1 aliphatic rings. The van der Waals surface area contributed by atoms with E-state index in [1.807, 2.05) is 0 Å². The molecule has 57 heavy (non-hydrogen) atoms. The summed E-state index contributed by atoms with van der Waals surface area (Å²) in [6.07, 6.45) is 0. The number of hydrogen-bond acceptors (Lipinski definition) is 2. The van der Waals surface area contributed by atoms with Crippen molar-refractivity contribution in [3.8, 4) is 67.3 Å². The van der Waals surface area contributed by atoms with Gasteiger partial charge in [-0.05, 0) is 89.0 Å². The Morgan fingerprint density at radius 1 is 0.351 bits per heavy atom. The number of hydrogen-bond donors (Lipinski definition) is 0. The largest absolute Gasteiger partial charge is 0.228 e. The second kappa shape index (κ2) is 13.0. The number of fused-ring (bicyclic) bond motifs is 7. The fourth-order valence-electron chi connectivity index (χ4n) is 9.39. The zero-order chi connectivity index (χ0) is 38.1. The summed E-state index contributed by atoms with van der Waals surface area (Å²) in [6.45, 7) is 4.71. The van der Waals surface area contributed by atoms with E-state index in [2.05, 4.69) is 208 Å². The topological polar surface area (TPSA) is 25.8 Å². The molecule has 1 aliphatic carbocycles. The Labute approximate surface area is 332 Å². The van der Waals surface area contributed by atoms with Crippen molar-refractivity contribution in [3.63, 3.8) is 0 Å². The highest BCUT2D eigenvalue weighted by Gasteiger charge is 2.37. The van der Waals surface area contributed by atoms with E-state index in [0.717, 1.165) is 50.0 Å². The highest BCUT2D eigenvalue weighted by molar-refractivity contribution is 6.19. The van der Waals surface area contributed by atoms with Crippen molar-refractivity contribution in [1.29, 1.82) is 0 Å². The fraction of sp³-hybridized carbons (Fsp3) is 0.0545. The van der Waals surface area contributed by atoms with Crippen molar-refractivity contribution in [2.75, 3.05) is 0 Å². The minimum Gasteiger partial charge on any atom is -0.228 e. The van der Waals surface area contributed by atoms with Gasteiger partial charge in [-0.15, -0.1) is 0 Å². The third kappa shape index (κ3) is 5.33. The SMILES string of the molecule is CC1(C)c2ccccc2-c2cccc(-c3ccc(-c4cc(-c5ccccc5-c5ccccc5)nc(-c5c6ccccc6cc6c5ccc5ccccc56)n4)cc3)c21. The maximum atomic E-state index is 5.49. The molecule has 1 aromatic heterocycles. The van der Waals surface area contributed by atoms with Gasteiger partial charge in [0.25, 0.3) is 0 Å². The second-order valence-electron chi connectivity index (χ2n) is 15.7. The molecule has 2 nitrogen and oxygen atoms in total. The Bertz CT molecular complexity index is 3190. The standard InChI is InChI=1S/C55H38N2/c1-55(2)49-26-13-12-22-44(49)47-25-14-24-43(53(47)55)37-27-29-38(30-28-37)50-34-51(45-23-11-10-19-40(45)35-15-4-3-5-16-35)57-54(56-50)52-42-21-9-7-18-39(42)33-48-41-20-8-6-17-36(41)31-32-46(48)52/h3-34H,1-2H3. The lowest BCUT2D eigenvalue weighted by Crippen LogP contribution is -2.16. The van der Waals surface area contributed by atoms with Crippen LogP contribution in [0.25, 0.3) is 99.6 Å². The number of nitrogens with zero attached hydrogens (tertiary/aromatic N) is 2. The molecule has 0 amide bonds. The predicted octanol–water partition coefficient (Wildman–Crippen LogP) is 14.6. The van der Waals surface area contributed by atoms with Gasteiger partial charge in [-0.3, -0.25) is 0 Å². The normalized spacial score (nSPS) is 12.9. The summed E-state index contributed by atoms with van der Waals surface area (Å²) >= 11 is 0. The van der Waals surface area contributed by atoms with E-state index in [1.165, 1.54) is 54.9 Å². The van der Waals surface area contributed by atoms with Crippen molar-refractivity contribution >= 4 is 32.3 Å². The van der Waals surface area contributed by atoms with Gasteiger partial charge in [-0.2, -0.15) is 0 Å². The third-order valence-electron chi connectivity index (χ3n) is 12.1. The van der Waals surface area contributed by atoms with Gasteiger partial charge in [-0.1, -0.05) is 196 Å². The van der Waals surface area contributed by atoms with E-state index in [4.69, 9.17) is 9.97 Å². The minimum absolute atomic E-state index is 0.101. The van der Waals surface area contributed by atoms with Crippen molar-refractivity contribution < 1.29 is 0 Å². The summed E-state index contributed by atoms with van der Waals surface area (Å²) < 4.78 is 0. The summed E-state index contributed by atoms with van der Waals surface area (Å²) in [5.74, 6) is 0.715. The number of rotatable bonds is 5. The highest BCUT2D eigenvalue weighted by Crippen LogP contribution is 2.52.